The second-order valence-electron chi connectivity index (χ2n) is 4.95. The molecule has 0 aromatic carbocycles. The predicted octanol–water partition coefficient (Wildman–Crippen LogP) is 2.52. The Morgan fingerprint density at radius 3 is 2.67 bits per heavy atom. The molecule has 0 aliphatic heterocycles. The minimum Gasteiger partial charge on any atom is -0.465 e. The van der Waals surface area contributed by atoms with Crippen molar-refractivity contribution in [2.24, 2.45) is 7.05 Å². The van der Waals surface area contributed by atoms with E-state index >= 15 is 0 Å². The zero-order valence-electron chi connectivity index (χ0n) is 14.1. The van der Waals surface area contributed by atoms with Crippen LogP contribution in [0.2, 0.25) is 0 Å². The lowest BCUT2D eigenvalue weighted by molar-refractivity contribution is -0.113. The van der Waals surface area contributed by atoms with Gasteiger partial charge >= 0.3 is 5.97 Å². The summed E-state index contributed by atoms with van der Waals surface area (Å²) in [7, 11) is 3.20. The van der Waals surface area contributed by atoms with Gasteiger partial charge in [0.05, 0.1) is 18.4 Å². The molecule has 0 bridgehead atoms. The number of aryl methyl sites for hydroxylation is 2. The number of amides is 1. The van der Waals surface area contributed by atoms with Crippen molar-refractivity contribution < 1.29 is 14.3 Å². The Labute approximate surface area is 148 Å². The van der Waals surface area contributed by atoms with Crippen molar-refractivity contribution in [3.63, 3.8) is 0 Å². The Hall–Kier alpha value is -1.87. The van der Waals surface area contributed by atoms with Gasteiger partial charge in [0.15, 0.2) is 5.16 Å². The highest BCUT2D eigenvalue weighted by Gasteiger charge is 2.18. The fourth-order valence-corrected chi connectivity index (χ4v) is 3.77. The molecule has 0 aliphatic rings. The molecule has 2 rings (SSSR count). The molecular weight excluding hydrogens is 348 g/mol. The van der Waals surface area contributed by atoms with Gasteiger partial charge < -0.3 is 14.6 Å². The first-order valence-corrected chi connectivity index (χ1v) is 9.32. The van der Waals surface area contributed by atoms with Gasteiger partial charge in [-0.25, -0.2) is 4.79 Å². The van der Waals surface area contributed by atoms with E-state index in [-0.39, 0.29) is 11.7 Å². The summed E-state index contributed by atoms with van der Waals surface area (Å²) in [5.74, 6) is 0.414. The Morgan fingerprint density at radius 1 is 1.33 bits per heavy atom. The van der Waals surface area contributed by atoms with Crippen LogP contribution < -0.4 is 5.32 Å². The minimum atomic E-state index is -0.449. The van der Waals surface area contributed by atoms with Crippen LogP contribution in [0.5, 0.6) is 0 Å². The third-order valence-corrected chi connectivity index (χ3v) is 5.58. The first kappa shape index (κ1) is 18.5. The van der Waals surface area contributed by atoms with Gasteiger partial charge in [0, 0.05) is 18.3 Å². The van der Waals surface area contributed by atoms with Crippen LogP contribution in [0.4, 0.5) is 5.00 Å². The Morgan fingerprint density at radius 2 is 2.08 bits per heavy atom. The quantitative estimate of drug-likeness (QED) is 0.597. The molecule has 130 valence electrons. The van der Waals surface area contributed by atoms with Crippen LogP contribution in [0.15, 0.2) is 11.2 Å². The number of esters is 1. The summed E-state index contributed by atoms with van der Waals surface area (Å²) in [6, 6.07) is 1.76. The van der Waals surface area contributed by atoms with Gasteiger partial charge in [-0.2, -0.15) is 0 Å². The van der Waals surface area contributed by atoms with Crippen LogP contribution in [-0.4, -0.2) is 39.5 Å². The van der Waals surface area contributed by atoms with Crippen LogP contribution in [0.25, 0.3) is 0 Å². The highest BCUT2D eigenvalue weighted by Crippen LogP contribution is 2.29. The molecule has 0 saturated carbocycles. The van der Waals surface area contributed by atoms with Gasteiger partial charge in [0.25, 0.3) is 0 Å². The third kappa shape index (κ3) is 4.15. The highest BCUT2D eigenvalue weighted by molar-refractivity contribution is 7.99. The predicted molar refractivity (Wildman–Crippen MR) is 94.8 cm³/mol. The number of nitrogens with one attached hydrogen (secondary N) is 1. The molecule has 2 aromatic rings. The average molecular weight is 368 g/mol. The molecule has 0 fully saturated rings. The number of ether oxygens (including phenoxy) is 1. The molecule has 2 aromatic heterocycles. The monoisotopic (exact) mass is 368 g/mol. The fourth-order valence-electron chi connectivity index (χ4n) is 2.04. The highest BCUT2D eigenvalue weighted by atomic mass is 32.2. The molecule has 2 heterocycles. The molecule has 0 atom stereocenters. The van der Waals surface area contributed by atoms with E-state index in [9.17, 15) is 9.59 Å². The minimum absolute atomic E-state index is 0.190. The summed E-state index contributed by atoms with van der Waals surface area (Å²) in [5.41, 5.74) is 0.393. The van der Waals surface area contributed by atoms with Crippen molar-refractivity contribution in [1.82, 2.24) is 14.8 Å². The van der Waals surface area contributed by atoms with E-state index in [1.54, 1.807) is 6.07 Å². The van der Waals surface area contributed by atoms with E-state index in [0.29, 0.717) is 15.7 Å². The van der Waals surface area contributed by atoms with Crippen molar-refractivity contribution in [3.05, 3.63) is 22.3 Å². The molecule has 24 heavy (non-hydrogen) atoms. The maximum atomic E-state index is 12.2. The van der Waals surface area contributed by atoms with Gasteiger partial charge in [-0.1, -0.05) is 25.6 Å². The molecule has 9 heteroatoms. The molecule has 0 unspecified atom stereocenters. The normalized spacial score (nSPS) is 10.7. The van der Waals surface area contributed by atoms with Crippen molar-refractivity contribution in [2.45, 2.75) is 31.8 Å². The summed E-state index contributed by atoms with van der Waals surface area (Å²) in [5, 5.41) is 12.1. The SMILES string of the molecule is CCc1cc(C(=O)OC)c(NC(=O)CSc2nnc(CC)n2C)s1. The van der Waals surface area contributed by atoms with E-state index in [0.717, 1.165) is 23.5 Å². The van der Waals surface area contributed by atoms with E-state index in [1.807, 2.05) is 25.5 Å². The summed E-state index contributed by atoms with van der Waals surface area (Å²) in [6.07, 6.45) is 1.58. The van der Waals surface area contributed by atoms with E-state index in [2.05, 4.69) is 15.5 Å². The first-order valence-electron chi connectivity index (χ1n) is 7.52. The van der Waals surface area contributed by atoms with Gasteiger partial charge in [-0.15, -0.1) is 21.5 Å². The summed E-state index contributed by atoms with van der Waals surface area (Å²) in [6.45, 7) is 4.00. The lowest BCUT2D eigenvalue weighted by atomic mass is 10.2. The van der Waals surface area contributed by atoms with Crippen LogP contribution in [-0.2, 0) is 29.4 Å². The number of rotatable bonds is 7. The number of hydrogen-bond donors (Lipinski definition) is 1. The second kappa shape index (κ2) is 8.29. The van der Waals surface area contributed by atoms with E-state index < -0.39 is 5.97 Å². The van der Waals surface area contributed by atoms with E-state index in [4.69, 9.17) is 4.74 Å². The Kier molecular flexibility index (Phi) is 6.38. The average Bonchev–Trinajstić information content (AvgIpc) is 3.15. The van der Waals surface area contributed by atoms with Crippen molar-refractivity contribution in [3.8, 4) is 0 Å². The number of aromatic nitrogens is 3. The molecule has 0 saturated heterocycles. The first-order chi connectivity index (χ1) is 11.5. The van der Waals surface area contributed by atoms with Crippen molar-refractivity contribution in [1.29, 1.82) is 0 Å². The number of thioether (sulfide) groups is 1. The van der Waals surface area contributed by atoms with Gasteiger partial charge in [0.2, 0.25) is 5.91 Å². The Bertz CT molecular complexity index is 739. The zero-order valence-corrected chi connectivity index (χ0v) is 15.7. The van der Waals surface area contributed by atoms with Gasteiger partial charge in [-0.3, -0.25) is 4.79 Å². The van der Waals surface area contributed by atoms with Crippen LogP contribution in [0.3, 0.4) is 0 Å². The van der Waals surface area contributed by atoms with Crippen molar-refractivity contribution in [2.75, 3.05) is 18.2 Å². The number of carbonyl (C=O) groups excluding carboxylic acids is 2. The summed E-state index contributed by atoms with van der Waals surface area (Å²) < 4.78 is 6.64. The standard InChI is InChI=1S/C15H20N4O3S2/c1-5-9-7-10(14(21)22-4)13(24-9)16-12(20)8-23-15-18-17-11(6-2)19(15)3/h7H,5-6,8H2,1-4H3,(H,16,20). The summed E-state index contributed by atoms with van der Waals surface area (Å²) >= 11 is 2.70. The zero-order chi connectivity index (χ0) is 17.7. The molecule has 0 radical (unpaired) electrons. The van der Waals surface area contributed by atoms with Gasteiger partial charge in [0.1, 0.15) is 10.8 Å². The second-order valence-corrected chi connectivity index (χ2v) is 7.03. The molecule has 1 amide bonds. The number of thiophene rings is 1. The van der Waals surface area contributed by atoms with E-state index in [1.165, 1.54) is 30.2 Å². The maximum Gasteiger partial charge on any atom is 0.340 e. The number of nitrogens with zero attached hydrogens (tertiary/aromatic N) is 3. The smallest absolute Gasteiger partial charge is 0.340 e. The molecule has 0 spiro atoms. The van der Waals surface area contributed by atoms with Crippen LogP contribution in [0, 0.1) is 0 Å². The topological polar surface area (TPSA) is 86.1 Å². The third-order valence-electron chi connectivity index (χ3n) is 3.36. The van der Waals surface area contributed by atoms with Crippen LogP contribution >= 0.6 is 23.1 Å². The van der Waals surface area contributed by atoms with Gasteiger partial charge in [-0.05, 0) is 12.5 Å². The molecule has 1 N–H and O–H groups in total. The number of methoxy groups -OCH3 is 1. The van der Waals surface area contributed by atoms with Crippen LogP contribution in [0.1, 0.15) is 34.9 Å². The lowest BCUT2D eigenvalue weighted by Gasteiger charge is -2.05. The Balaban J connectivity index is 2.03. The maximum absolute atomic E-state index is 12.2. The number of anilines is 1. The van der Waals surface area contributed by atoms with Crippen molar-refractivity contribution >= 4 is 40.0 Å². The molecular formula is C15H20N4O3S2. The summed E-state index contributed by atoms with van der Waals surface area (Å²) in [4.78, 5) is 25.0. The molecule has 7 nitrogen and oxygen atoms in total. The number of carbonyl (C=O) groups is 2. The lowest BCUT2D eigenvalue weighted by Crippen LogP contribution is -2.16. The molecule has 0 aliphatic carbocycles. The fraction of sp³-hybridized carbons (Fsp3) is 0.467. The number of hydrogen-bond acceptors (Lipinski definition) is 7. The largest absolute Gasteiger partial charge is 0.465 e.